The van der Waals surface area contributed by atoms with Crippen molar-refractivity contribution in [2.24, 2.45) is 0 Å². The minimum Gasteiger partial charge on any atom is -0.497 e. The Kier molecular flexibility index (Phi) is 6.79. The molecule has 0 saturated carbocycles. The van der Waals surface area contributed by atoms with Gasteiger partial charge < -0.3 is 20.1 Å². The van der Waals surface area contributed by atoms with E-state index in [4.69, 9.17) is 9.47 Å². The van der Waals surface area contributed by atoms with Crippen molar-refractivity contribution in [3.05, 3.63) is 88.5 Å². The van der Waals surface area contributed by atoms with Crippen LogP contribution in [0.25, 0.3) is 0 Å². The predicted molar refractivity (Wildman–Crippen MR) is 115 cm³/mol. The standard InChI is InChI=1S/C22H19N3O6/c1-30-19-11-9-17(10-12-19)24-22(27)15-5-7-16(8-6-15)23-21(26)14-31-20-4-2-3-18(13-20)25(28)29/h2-13H,14H2,1H3,(H,23,26)(H,24,27). The van der Waals surface area contributed by atoms with Crippen LogP contribution in [-0.4, -0.2) is 30.5 Å². The molecule has 0 atom stereocenters. The van der Waals surface area contributed by atoms with E-state index in [-0.39, 0.29) is 24.0 Å². The third-order valence-electron chi connectivity index (χ3n) is 4.18. The fourth-order valence-electron chi connectivity index (χ4n) is 2.62. The Bertz CT molecular complexity index is 1080. The van der Waals surface area contributed by atoms with Crippen LogP contribution in [0.5, 0.6) is 11.5 Å². The Hall–Kier alpha value is -4.40. The molecule has 3 aromatic carbocycles. The van der Waals surface area contributed by atoms with Crippen LogP contribution in [0.3, 0.4) is 0 Å². The molecule has 3 rings (SSSR count). The second-order valence-corrected chi connectivity index (χ2v) is 6.35. The maximum absolute atomic E-state index is 12.3. The fraction of sp³-hybridized carbons (Fsp3) is 0.0909. The van der Waals surface area contributed by atoms with E-state index in [1.165, 1.54) is 24.3 Å². The molecular weight excluding hydrogens is 402 g/mol. The average molecular weight is 421 g/mol. The van der Waals surface area contributed by atoms with Crippen LogP contribution in [0, 0.1) is 10.1 Å². The number of carbonyl (C=O) groups excluding carboxylic acids is 2. The molecule has 158 valence electrons. The molecule has 0 bridgehead atoms. The maximum Gasteiger partial charge on any atom is 0.273 e. The fourth-order valence-corrected chi connectivity index (χ4v) is 2.62. The average Bonchev–Trinajstić information content (AvgIpc) is 2.79. The second-order valence-electron chi connectivity index (χ2n) is 6.35. The summed E-state index contributed by atoms with van der Waals surface area (Å²) in [7, 11) is 1.56. The van der Waals surface area contributed by atoms with Gasteiger partial charge in [0, 0.05) is 23.0 Å². The van der Waals surface area contributed by atoms with Crippen molar-refractivity contribution in [2.75, 3.05) is 24.4 Å². The van der Waals surface area contributed by atoms with Gasteiger partial charge in [0.25, 0.3) is 17.5 Å². The molecule has 31 heavy (non-hydrogen) atoms. The maximum atomic E-state index is 12.3. The number of nitro benzene ring substituents is 1. The van der Waals surface area contributed by atoms with Crippen LogP contribution >= 0.6 is 0 Å². The summed E-state index contributed by atoms with van der Waals surface area (Å²) in [5.74, 6) is 0.168. The molecule has 2 amide bonds. The van der Waals surface area contributed by atoms with Crippen LogP contribution in [0.4, 0.5) is 17.1 Å². The Morgan fingerprint density at radius 1 is 0.903 bits per heavy atom. The molecule has 0 aliphatic heterocycles. The molecule has 0 saturated heterocycles. The number of methoxy groups -OCH3 is 1. The highest BCUT2D eigenvalue weighted by Crippen LogP contribution is 2.19. The van der Waals surface area contributed by atoms with Crippen molar-refractivity contribution >= 4 is 28.9 Å². The number of hydrogen-bond donors (Lipinski definition) is 2. The number of nitrogens with zero attached hydrogens (tertiary/aromatic N) is 1. The van der Waals surface area contributed by atoms with E-state index in [0.717, 1.165) is 0 Å². The lowest BCUT2D eigenvalue weighted by molar-refractivity contribution is -0.384. The minimum atomic E-state index is -0.542. The molecule has 0 fully saturated rings. The van der Waals surface area contributed by atoms with E-state index in [1.807, 2.05) is 0 Å². The minimum absolute atomic E-state index is 0.124. The number of non-ortho nitro benzene ring substituents is 1. The number of nitrogens with one attached hydrogen (secondary N) is 2. The zero-order chi connectivity index (χ0) is 22.2. The Balaban J connectivity index is 1.52. The molecule has 2 N–H and O–H groups in total. The third-order valence-corrected chi connectivity index (χ3v) is 4.18. The summed E-state index contributed by atoms with van der Waals surface area (Å²) in [4.78, 5) is 34.6. The molecule has 9 heteroatoms. The molecule has 9 nitrogen and oxygen atoms in total. The van der Waals surface area contributed by atoms with E-state index >= 15 is 0 Å². The SMILES string of the molecule is COc1ccc(NC(=O)c2ccc(NC(=O)COc3cccc([N+](=O)[O-])c3)cc2)cc1. The van der Waals surface area contributed by atoms with E-state index < -0.39 is 10.8 Å². The number of benzene rings is 3. The summed E-state index contributed by atoms with van der Waals surface area (Å²) in [6.45, 7) is -0.319. The quantitative estimate of drug-likeness (QED) is 0.421. The molecular formula is C22H19N3O6. The lowest BCUT2D eigenvalue weighted by Crippen LogP contribution is -2.20. The van der Waals surface area contributed by atoms with Crippen LogP contribution in [0.1, 0.15) is 10.4 Å². The van der Waals surface area contributed by atoms with Gasteiger partial charge in [0.2, 0.25) is 0 Å². The normalized spacial score (nSPS) is 10.1. The summed E-state index contributed by atoms with van der Waals surface area (Å²) < 4.78 is 10.4. The first-order valence-electron chi connectivity index (χ1n) is 9.17. The molecule has 0 aromatic heterocycles. The second kappa shape index (κ2) is 9.88. The highest BCUT2D eigenvalue weighted by atomic mass is 16.6. The van der Waals surface area contributed by atoms with E-state index in [2.05, 4.69) is 10.6 Å². The molecule has 0 unspecified atom stereocenters. The number of carbonyl (C=O) groups is 2. The summed E-state index contributed by atoms with van der Waals surface area (Å²) in [6.07, 6.45) is 0. The Morgan fingerprint density at radius 3 is 2.19 bits per heavy atom. The summed E-state index contributed by atoms with van der Waals surface area (Å²) in [6, 6.07) is 18.8. The van der Waals surface area contributed by atoms with Crippen molar-refractivity contribution < 1.29 is 24.0 Å². The molecule has 0 radical (unpaired) electrons. The Labute approximate surface area is 177 Å². The largest absolute Gasteiger partial charge is 0.497 e. The first-order valence-corrected chi connectivity index (χ1v) is 9.17. The number of ether oxygens (including phenoxy) is 2. The summed E-state index contributed by atoms with van der Waals surface area (Å²) >= 11 is 0. The van der Waals surface area contributed by atoms with Gasteiger partial charge in [0.1, 0.15) is 11.5 Å². The van der Waals surface area contributed by atoms with Gasteiger partial charge in [-0.1, -0.05) is 6.07 Å². The first kappa shape index (κ1) is 21.3. The van der Waals surface area contributed by atoms with Gasteiger partial charge in [-0.3, -0.25) is 19.7 Å². The molecule has 0 aliphatic carbocycles. The molecule has 0 heterocycles. The molecule has 0 spiro atoms. The van der Waals surface area contributed by atoms with Crippen molar-refractivity contribution in [2.45, 2.75) is 0 Å². The summed E-state index contributed by atoms with van der Waals surface area (Å²) in [5.41, 5.74) is 1.40. The highest BCUT2D eigenvalue weighted by molar-refractivity contribution is 6.04. The van der Waals surface area contributed by atoms with Gasteiger partial charge in [-0.15, -0.1) is 0 Å². The lowest BCUT2D eigenvalue weighted by atomic mass is 10.2. The summed E-state index contributed by atoms with van der Waals surface area (Å²) in [5, 5.41) is 16.2. The monoisotopic (exact) mass is 421 g/mol. The smallest absolute Gasteiger partial charge is 0.273 e. The van der Waals surface area contributed by atoms with Crippen molar-refractivity contribution in [3.63, 3.8) is 0 Å². The van der Waals surface area contributed by atoms with Gasteiger partial charge in [0.05, 0.1) is 18.1 Å². The van der Waals surface area contributed by atoms with Gasteiger partial charge in [0.15, 0.2) is 6.61 Å². The lowest BCUT2D eigenvalue weighted by Gasteiger charge is -2.09. The van der Waals surface area contributed by atoms with Crippen molar-refractivity contribution in [1.82, 2.24) is 0 Å². The number of anilines is 2. The van der Waals surface area contributed by atoms with Crippen molar-refractivity contribution in [1.29, 1.82) is 0 Å². The van der Waals surface area contributed by atoms with E-state index in [9.17, 15) is 19.7 Å². The van der Waals surface area contributed by atoms with Gasteiger partial charge in [-0.05, 0) is 54.6 Å². The molecule has 0 aliphatic rings. The molecule has 3 aromatic rings. The van der Waals surface area contributed by atoms with Gasteiger partial charge >= 0.3 is 0 Å². The highest BCUT2D eigenvalue weighted by Gasteiger charge is 2.10. The Morgan fingerprint density at radius 2 is 1.55 bits per heavy atom. The van der Waals surface area contributed by atoms with Crippen LogP contribution in [0.15, 0.2) is 72.8 Å². The van der Waals surface area contributed by atoms with Crippen LogP contribution in [-0.2, 0) is 4.79 Å². The number of amides is 2. The number of hydrogen-bond acceptors (Lipinski definition) is 6. The zero-order valence-electron chi connectivity index (χ0n) is 16.5. The van der Waals surface area contributed by atoms with Crippen LogP contribution in [0.2, 0.25) is 0 Å². The van der Waals surface area contributed by atoms with Gasteiger partial charge in [-0.2, -0.15) is 0 Å². The topological polar surface area (TPSA) is 120 Å². The predicted octanol–water partition coefficient (Wildman–Crippen LogP) is 3.87. The van der Waals surface area contributed by atoms with Gasteiger partial charge in [-0.25, -0.2) is 0 Å². The number of rotatable bonds is 8. The van der Waals surface area contributed by atoms with Crippen molar-refractivity contribution in [3.8, 4) is 11.5 Å². The van der Waals surface area contributed by atoms with Crippen LogP contribution < -0.4 is 20.1 Å². The van der Waals surface area contributed by atoms with E-state index in [1.54, 1.807) is 55.6 Å². The van der Waals surface area contributed by atoms with E-state index in [0.29, 0.717) is 22.7 Å². The third kappa shape index (κ3) is 6.04. The first-order chi connectivity index (χ1) is 14.9. The zero-order valence-corrected chi connectivity index (χ0v) is 16.5. The number of nitro groups is 1.